The molecule has 0 aliphatic rings. The van der Waals surface area contributed by atoms with E-state index in [1.54, 1.807) is 4.90 Å². The molecule has 0 saturated heterocycles. The van der Waals surface area contributed by atoms with E-state index in [4.69, 9.17) is 5.11 Å². The Bertz CT molecular complexity index is 402. The Labute approximate surface area is 167 Å². The molecule has 0 aromatic carbocycles. The van der Waals surface area contributed by atoms with Crippen molar-refractivity contribution >= 4 is 11.9 Å². The summed E-state index contributed by atoms with van der Waals surface area (Å²) >= 11 is 0. The van der Waals surface area contributed by atoms with Crippen LogP contribution in [0.4, 0.5) is 0 Å². The number of amides is 1. The molecule has 0 heterocycles. The molecule has 0 aromatic heterocycles. The van der Waals surface area contributed by atoms with E-state index in [-0.39, 0.29) is 18.2 Å². The van der Waals surface area contributed by atoms with Crippen molar-refractivity contribution in [3.05, 3.63) is 12.2 Å². The van der Waals surface area contributed by atoms with Gasteiger partial charge in [-0.2, -0.15) is 0 Å². The Hall–Kier alpha value is -1.32. The third-order valence-electron chi connectivity index (χ3n) is 5.25. The van der Waals surface area contributed by atoms with Crippen LogP contribution in [-0.4, -0.2) is 35.0 Å². The predicted molar refractivity (Wildman–Crippen MR) is 114 cm³/mol. The van der Waals surface area contributed by atoms with E-state index in [1.165, 1.54) is 57.8 Å². The molecule has 0 saturated carbocycles. The summed E-state index contributed by atoms with van der Waals surface area (Å²) in [5.74, 6) is -1.21. The van der Waals surface area contributed by atoms with E-state index >= 15 is 0 Å². The van der Waals surface area contributed by atoms with Gasteiger partial charge in [-0.25, -0.2) is 0 Å². The van der Waals surface area contributed by atoms with Crippen LogP contribution in [0, 0.1) is 5.92 Å². The lowest BCUT2D eigenvalue weighted by Gasteiger charge is -2.24. The first-order chi connectivity index (χ1) is 13.1. The molecule has 0 spiro atoms. The smallest absolute Gasteiger partial charge is 0.304 e. The second-order valence-electron chi connectivity index (χ2n) is 7.49. The van der Waals surface area contributed by atoms with Crippen molar-refractivity contribution in [3.63, 3.8) is 0 Å². The molecular formula is C23H43NO3. The minimum absolute atomic E-state index is 0.0110. The van der Waals surface area contributed by atoms with Gasteiger partial charge in [0.25, 0.3) is 0 Å². The lowest BCUT2D eigenvalue weighted by molar-refractivity contribution is -0.144. The molecule has 1 N–H and O–H groups in total. The maximum absolute atomic E-state index is 12.4. The van der Waals surface area contributed by atoms with Gasteiger partial charge in [-0.1, -0.05) is 69.9 Å². The normalized spacial score (nSPS) is 12.4. The van der Waals surface area contributed by atoms with Gasteiger partial charge in [-0.05, 0) is 40.0 Å². The molecule has 0 bridgehead atoms. The van der Waals surface area contributed by atoms with Gasteiger partial charge in [0.2, 0.25) is 5.91 Å². The summed E-state index contributed by atoms with van der Waals surface area (Å²) in [5.41, 5.74) is 0. The summed E-state index contributed by atoms with van der Waals surface area (Å²) in [7, 11) is 0. The lowest BCUT2D eigenvalue weighted by Crippen LogP contribution is -2.36. The lowest BCUT2D eigenvalue weighted by atomic mass is 9.95. The van der Waals surface area contributed by atoms with Crippen LogP contribution in [0.5, 0.6) is 0 Å². The number of carbonyl (C=O) groups excluding carboxylic acids is 1. The van der Waals surface area contributed by atoms with Gasteiger partial charge < -0.3 is 10.0 Å². The maximum Gasteiger partial charge on any atom is 0.304 e. The number of nitrogens with zero attached hydrogens (tertiary/aromatic N) is 1. The highest BCUT2D eigenvalue weighted by Crippen LogP contribution is 2.19. The number of unbranched alkanes of at least 4 members (excludes halogenated alkanes) is 10. The predicted octanol–water partition coefficient (Wildman–Crippen LogP) is 6.20. The number of aliphatic carboxylic acids is 1. The summed E-state index contributed by atoms with van der Waals surface area (Å²) in [6.45, 7) is 7.28. The molecule has 0 aliphatic carbocycles. The van der Waals surface area contributed by atoms with Crippen molar-refractivity contribution in [2.45, 2.75) is 104 Å². The molecule has 158 valence electrons. The monoisotopic (exact) mass is 381 g/mol. The molecule has 1 unspecified atom stereocenters. The second kappa shape index (κ2) is 18.1. The maximum atomic E-state index is 12.4. The summed E-state index contributed by atoms with van der Waals surface area (Å²) in [5, 5.41) is 9.09. The standard InChI is InChI=1S/C23H43NO3/c1-4-7-8-9-10-11-12-13-14-15-16-17-18-19-21(20-22(25)26)23(27)24(5-2)6-3/h4,7,21H,5-6,8-20H2,1-3H3,(H,25,26)/b7-4+. The number of carbonyl (C=O) groups is 2. The third kappa shape index (κ3) is 14.4. The molecule has 27 heavy (non-hydrogen) atoms. The first kappa shape index (κ1) is 25.7. The van der Waals surface area contributed by atoms with Gasteiger partial charge in [0.05, 0.1) is 6.42 Å². The van der Waals surface area contributed by atoms with Crippen molar-refractivity contribution < 1.29 is 14.7 Å². The molecule has 1 amide bonds. The van der Waals surface area contributed by atoms with E-state index in [0.29, 0.717) is 19.5 Å². The summed E-state index contributed by atoms with van der Waals surface area (Å²) in [6, 6.07) is 0. The van der Waals surface area contributed by atoms with E-state index in [9.17, 15) is 9.59 Å². The largest absolute Gasteiger partial charge is 0.481 e. The summed E-state index contributed by atoms with van der Waals surface area (Å²) < 4.78 is 0. The average molecular weight is 382 g/mol. The van der Waals surface area contributed by atoms with Crippen LogP contribution >= 0.6 is 0 Å². The molecule has 0 aliphatic heterocycles. The third-order valence-corrected chi connectivity index (χ3v) is 5.25. The minimum atomic E-state index is -0.869. The van der Waals surface area contributed by atoms with Gasteiger partial charge in [-0.3, -0.25) is 9.59 Å². The Morgan fingerprint density at radius 1 is 0.852 bits per heavy atom. The van der Waals surface area contributed by atoms with Crippen molar-refractivity contribution in [1.82, 2.24) is 4.90 Å². The fourth-order valence-electron chi connectivity index (χ4n) is 3.55. The zero-order chi connectivity index (χ0) is 20.3. The summed E-state index contributed by atoms with van der Waals surface area (Å²) in [6.07, 6.45) is 18.7. The molecule has 0 rings (SSSR count). The zero-order valence-electron chi connectivity index (χ0n) is 18.0. The van der Waals surface area contributed by atoms with Gasteiger partial charge in [0.15, 0.2) is 0 Å². The van der Waals surface area contributed by atoms with Crippen LogP contribution in [0.3, 0.4) is 0 Å². The van der Waals surface area contributed by atoms with Crippen LogP contribution < -0.4 is 0 Å². The highest BCUT2D eigenvalue weighted by atomic mass is 16.4. The SMILES string of the molecule is C/C=C/CCCCCCCCCCCCC(CC(=O)O)C(=O)N(CC)CC. The Kier molecular flexibility index (Phi) is 17.2. The van der Waals surface area contributed by atoms with Crippen molar-refractivity contribution in [1.29, 1.82) is 0 Å². The van der Waals surface area contributed by atoms with Crippen molar-refractivity contribution in [2.75, 3.05) is 13.1 Å². The van der Waals surface area contributed by atoms with Gasteiger partial charge >= 0.3 is 5.97 Å². The van der Waals surface area contributed by atoms with Crippen LogP contribution in [0.1, 0.15) is 104 Å². The number of carboxylic acid groups (broad SMARTS) is 1. The Morgan fingerprint density at radius 2 is 1.33 bits per heavy atom. The number of rotatable bonds is 18. The van der Waals surface area contributed by atoms with E-state index in [2.05, 4.69) is 19.1 Å². The quantitative estimate of drug-likeness (QED) is 0.227. The number of carboxylic acids is 1. The Morgan fingerprint density at radius 3 is 1.78 bits per heavy atom. The Balaban J connectivity index is 3.77. The molecule has 1 atom stereocenters. The molecule has 0 aromatic rings. The molecule has 0 fully saturated rings. The highest BCUT2D eigenvalue weighted by Gasteiger charge is 2.24. The van der Waals surface area contributed by atoms with Crippen molar-refractivity contribution in [3.8, 4) is 0 Å². The highest BCUT2D eigenvalue weighted by molar-refractivity contribution is 5.83. The van der Waals surface area contributed by atoms with Crippen LogP contribution in [0.15, 0.2) is 12.2 Å². The molecule has 4 nitrogen and oxygen atoms in total. The fourth-order valence-corrected chi connectivity index (χ4v) is 3.55. The van der Waals surface area contributed by atoms with Crippen LogP contribution in [0.2, 0.25) is 0 Å². The van der Waals surface area contributed by atoms with E-state index in [0.717, 1.165) is 12.8 Å². The minimum Gasteiger partial charge on any atom is -0.481 e. The van der Waals surface area contributed by atoms with Gasteiger partial charge in [0, 0.05) is 19.0 Å². The van der Waals surface area contributed by atoms with Crippen molar-refractivity contribution in [2.24, 2.45) is 5.92 Å². The molecule has 4 heteroatoms. The molecular weight excluding hydrogens is 338 g/mol. The van der Waals surface area contributed by atoms with Crippen LogP contribution in [-0.2, 0) is 9.59 Å². The number of allylic oxidation sites excluding steroid dienone is 2. The number of hydrogen-bond acceptors (Lipinski definition) is 2. The molecule has 0 radical (unpaired) electrons. The summed E-state index contributed by atoms with van der Waals surface area (Å²) in [4.78, 5) is 25.3. The first-order valence-corrected chi connectivity index (χ1v) is 11.2. The van der Waals surface area contributed by atoms with Gasteiger partial charge in [0.1, 0.15) is 0 Å². The van der Waals surface area contributed by atoms with E-state index < -0.39 is 5.97 Å². The average Bonchev–Trinajstić information content (AvgIpc) is 2.65. The zero-order valence-corrected chi connectivity index (χ0v) is 18.0. The topological polar surface area (TPSA) is 57.6 Å². The van der Waals surface area contributed by atoms with Crippen LogP contribution in [0.25, 0.3) is 0 Å². The van der Waals surface area contributed by atoms with E-state index in [1.807, 2.05) is 13.8 Å². The number of hydrogen-bond donors (Lipinski definition) is 1. The van der Waals surface area contributed by atoms with Gasteiger partial charge in [-0.15, -0.1) is 0 Å². The fraction of sp³-hybridized carbons (Fsp3) is 0.826. The first-order valence-electron chi connectivity index (χ1n) is 11.2. The second-order valence-corrected chi connectivity index (χ2v) is 7.49.